The molecule has 0 radical (unpaired) electrons. The van der Waals surface area contributed by atoms with Crippen LogP contribution in [0.25, 0.3) is 0 Å². The molecule has 2 aromatic rings. The fourth-order valence-corrected chi connectivity index (χ4v) is 3.43. The van der Waals surface area contributed by atoms with Gasteiger partial charge in [-0.15, -0.1) is 0 Å². The molecule has 1 fully saturated rings. The predicted octanol–water partition coefficient (Wildman–Crippen LogP) is 3.71. The Morgan fingerprint density at radius 1 is 1.04 bits per heavy atom. The highest BCUT2D eigenvalue weighted by Crippen LogP contribution is 2.31. The fourth-order valence-electron chi connectivity index (χ4n) is 3.43. The first kappa shape index (κ1) is 19.7. The van der Waals surface area contributed by atoms with Gasteiger partial charge in [0, 0.05) is 11.1 Å². The Bertz CT molecular complexity index is 914. The zero-order valence-electron chi connectivity index (χ0n) is 16.4. The smallest absolute Gasteiger partial charge is 0.257 e. The Morgan fingerprint density at radius 3 is 2.14 bits per heavy atom. The first-order valence-corrected chi connectivity index (χ1v) is 9.12. The maximum atomic E-state index is 13.2. The maximum absolute atomic E-state index is 13.2. The van der Waals surface area contributed by atoms with E-state index in [0.29, 0.717) is 5.69 Å². The van der Waals surface area contributed by atoms with E-state index in [-0.39, 0.29) is 17.9 Å². The molecule has 5 nitrogen and oxygen atoms in total. The third-order valence-corrected chi connectivity index (χ3v) is 4.76. The highest BCUT2D eigenvalue weighted by atomic mass is 19.1. The lowest BCUT2D eigenvalue weighted by Gasteiger charge is -2.39. The average Bonchev–Trinajstić information content (AvgIpc) is 2.89. The Morgan fingerprint density at radius 2 is 1.61 bits per heavy atom. The van der Waals surface area contributed by atoms with Gasteiger partial charge in [-0.1, -0.05) is 17.7 Å². The van der Waals surface area contributed by atoms with Gasteiger partial charge in [0.25, 0.3) is 11.8 Å². The largest absolute Gasteiger partial charge is 0.321 e. The quantitative estimate of drug-likeness (QED) is 0.761. The van der Waals surface area contributed by atoms with Crippen LogP contribution >= 0.6 is 0 Å². The standard InChI is InChI=1S/C22H23FN2O3/c1-14-5-11-17(12-6-14)24-19(26)13-18(21(24)28)25(22(2,3)4)20(27)15-7-9-16(23)10-8-15/h5-12,18H,13H2,1-4H3. The molecule has 2 aromatic carbocycles. The van der Waals surface area contributed by atoms with Crippen molar-refractivity contribution >= 4 is 23.4 Å². The van der Waals surface area contributed by atoms with Crippen molar-refractivity contribution in [2.45, 2.75) is 45.7 Å². The van der Waals surface area contributed by atoms with E-state index in [1.54, 1.807) is 32.9 Å². The summed E-state index contributed by atoms with van der Waals surface area (Å²) in [6.07, 6.45) is -0.0864. The number of rotatable bonds is 3. The van der Waals surface area contributed by atoms with Gasteiger partial charge >= 0.3 is 0 Å². The van der Waals surface area contributed by atoms with Crippen LogP contribution in [0.1, 0.15) is 43.1 Å². The second-order valence-electron chi connectivity index (χ2n) is 7.98. The Balaban J connectivity index is 1.96. The van der Waals surface area contributed by atoms with Gasteiger partial charge in [0.1, 0.15) is 11.9 Å². The van der Waals surface area contributed by atoms with E-state index in [9.17, 15) is 18.8 Å². The van der Waals surface area contributed by atoms with E-state index in [2.05, 4.69) is 0 Å². The third-order valence-electron chi connectivity index (χ3n) is 4.76. The average molecular weight is 382 g/mol. The number of anilines is 1. The molecule has 0 spiro atoms. The molecule has 1 atom stereocenters. The SMILES string of the molecule is Cc1ccc(N2C(=O)CC(N(C(=O)c3ccc(F)cc3)C(C)(C)C)C2=O)cc1. The number of benzene rings is 2. The molecule has 0 saturated carbocycles. The minimum Gasteiger partial charge on any atom is -0.321 e. The summed E-state index contributed by atoms with van der Waals surface area (Å²) in [6, 6.07) is 11.4. The summed E-state index contributed by atoms with van der Waals surface area (Å²) in [5.41, 5.74) is 1.06. The lowest BCUT2D eigenvalue weighted by atomic mass is 9.99. The molecule has 0 aromatic heterocycles. The minimum absolute atomic E-state index is 0.0864. The first-order valence-electron chi connectivity index (χ1n) is 9.12. The van der Waals surface area contributed by atoms with Crippen molar-refractivity contribution in [2.24, 2.45) is 0 Å². The molecule has 146 valence electrons. The molecule has 28 heavy (non-hydrogen) atoms. The van der Waals surface area contributed by atoms with Crippen LogP contribution in [0.3, 0.4) is 0 Å². The lowest BCUT2D eigenvalue weighted by Crippen LogP contribution is -2.54. The summed E-state index contributed by atoms with van der Waals surface area (Å²) in [4.78, 5) is 41.5. The van der Waals surface area contributed by atoms with Crippen molar-refractivity contribution in [3.8, 4) is 0 Å². The molecule has 1 aliphatic heterocycles. The zero-order valence-corrected chi connectivity index (χ0v) is 16.4. The summed E-state index contributed by atoms with van der Waals surface area (Å²) < 4.78 is 13.2. The number of carbonyl (C=O) groups excluding carboxylic acids is 3. The summed E-state index contributed by atoms with van der Waals surface area (Å²) in [6.45, 7) is 7.34. The number of hydrogen-bond acceptors (Lipinski definition) is 3. The van der Waals surface area contributed by atoms with Crippen molar-refractivity contribution in [3.63, 3.8) is 0 Å². The van der Waals surface area contributed by atoms with E-state index in [4.69, 9.17) is 0 Å². The van der Waals surface area contributed by atoms with Crippen molar-refractivity contribution in [1.29, 1.82) is 0 Å². The highest BCUT2D eigenvalue weighted by Gasteiger charge is 2.47. The number of nitrogens with zero attached hydrogens (tertiary/aromatic N) is 2. The Labute approximate surface area is 163 Å². The molecule has 3 amide bonds. The van der Waals surface area contributed by atoms with Crippen molar-refractivity contribution in [2.75, 3.05) is 4.90 Å². The van der Waals surface area contributed by atoms with Crippen LogP contribution in [0.2, 0.25) is 0 Å². The van der Waals surface area contributed by atoms with Gasteiger partial charge in [-0.25, -0.2) is 9.29 Å². The van der Waals surface area contributed by atoms with Gasteiger partial charge in [-0.05, 0) is 64.1 Å². The van der Waals surface area contributed by atoms with Gasteiger partial charge in [0.2, 0.25) is 5.91 Å². The van der Waals surface area contributed by atoms with E-state index >= 15 is 0 Å². The van der Waals surface area contributed by atoms with E-state index in [0.717, 1.165) is 10.5 Å². The lowest BCUT2D eigenvalue weighted by molar-refractivity contribution is -0.123. The number of halogens is 1. The monoisotopic (exact) mass is 382 g/mol. The Hall–Kier alpha value is -3.02. The van der Waals surface area contributed by atoms with Crippen LogP contribution in [-0.4, -0.2) is 34.2 Å². The second kappa shape index (κ2) is 7.19. The van der Waals surface area contributed by atoms with Gasteiger partial charge in [0.05, 0.1) is 12.1 Å². The molecule has 1 aliphatic rings. The van der Waals surface area contributed by atoms with E-state index < -0.39 is 29.2 Å². The number of carbonyl (C=O) groups is 3. The summed E-state index contributed by atoms with van der Waals surface area (Å²) in [5.74, 6) is -1.64. The number of aryl methyl sites for hydroxylation is 1. The summed E-state index contributed by atoms with van der Waals surface area (Å²) >= 11 is 0. The van der Waals surface area contributed by atoms with Gasteiger partial charge in [-0.2, -0.15) is 0 Å². The molecule has 3 rings (SSSR count). The topological polar surface area (TPSA) is 57.7 Å². The highest BCUT2D eigenvalue weighted by molar-refractivity contribution is 6.23. The number of amides is 3. The Kier molecular flexibility index (Phi) is 5.06. The van der Waals surface area contributed by atoms with Crippen LogP contribution in [-0.2, 0) is 9.59 Å². The van der Waals surface area contributed by atoms with Crippen molar-refractivity contribution in [3.05, 3.63) is 65.5 Å². The fraction of sp³-hybridized carbons (Fsp3) is 0.318. The summed E-state index contributed by atoms with van der Waals surface area (Å²) in [5, 5.41) is 0. The molecular formula is C22H23FN2O3. The second-order valence-corrected chi connectivity index (χ2v) is 7.98. The van der Waals surface area contributed by atoms with Crippen molar-refractivity contribution in [1.82, 2.24) is 4.90 Å². The minimum atomic E-state index is -0.911. The molecule has 1 saturated heterocycles. The molecule has 1 heterocycles. The summed E-state index contributed by atoms with van der Waals surface area (Å²) in [7, 11) is 0. The molecule has 0 N–H and O–H groups in total. The molecule has 0 bridgehead atoms. The van der Waals surface area contributed by atoms with Crippen LogP contribution in [0, 0.1) is 12.7 Å². The van der Waals surface area contributed by atoms with Crippen LogP contribution in [0.15, 0.2) is 48.5 Å². The number of imide groups is 1. The zero-order chi connectivity index (χ0) is 20.6. The maximum Gasteiger partial charge on any atom is 0.257 e. The van der Waals surface area contributed by atoms with Crippen molar-refractivity contribution < 1.29 is 18.8 Å². The van der Waals surface area contributed by atoms with Crippen LogP contribution in [0.4, 0.5) is 10.1 Å². The molecular weight excluding hydrogens is 359 g/mol. The molecule has 1 unspecified atom stereocenters. The van der Waals surface area contributed by atoms with E-state index in [1.165, 1.54) is 29.2 Å². The predicted molar refractivity (Wildman–Crippen MR) is 104 cm³/mol. The number of hydrogen-bond donors (Lipinski definition) is 0. The van der Waals surface area contributed by atoms with Gasteiger partial charge in [-0.3, -0.25) is 14.4 Å². The first-order chi connectivity index (χ1) is 13.1. The van der Waals surface area contributed by atoms with Gasteiger partial charge in [0.15, 0.2) is 0 Å². The molecule has 6 heteroatoms. The molecule has 0 aliphatic carbocycles. The van der Waals surface area contributed by atoms with Crippen LogP contribution < -0.4 is 4.90 Å². The van der Waals surface area contributed by atoms with Crippen LogP contribution in [0.5, 0.6) is 0 Å². The third kappa shape index (κ3) is 3.67. The van der Waals surface area contributed by atoms with E-state index in [1.807, 2.05) is 19.1 Å². The normalized spacial score (nSPS) is 17.2. The van der Waals surface area contributed by atoms with Gasteiger partial charge < -0.3 is 4.90 Å².